The lowest BCUT2D eigenvalue weighted by atomic mass is 10.1. The van der Waals surface area contributed by atoms with Crippen LogP contribution in [0.15, 0.2) is 54.9 Å². The molecule has 1 aromatic carbocycles. The molecule has 0 N–H and O–H groups in total. The van der Waals surface area contributed by atoms with Crippen LogP contribution >= 0.6 is 0 Å². The first-order valence-electron chi connectivity index (χ1n) is 7.02. The zero-order valence-corrected chi connectivity index (χ0v) is 12.1. The molecule has 1 aromatic heterocycles. The Morgan fingerprint density at radius 3 is 3.00 bits per heavy atom. The topological polar surface area (TPSA) is 63.0 Å². The van der Waals surface area contributed by atoms with E-state index in [9.17, 15) is 4.79 Å². The smallest absolute Gasteiger partial charge is 0.187 e. The maximum Gasteiger partial charge on any atom is 0.187 e. The Hall–Kier alpha value is -2.93. The normalized spacial score (nSPS) is 10.3. The summed E-state index contributed by atoms with van der Waals surface area (Å²) in [7, 11) is 0. The van der Waals surface area contributed by atoms with E-state index in [0.29, 0.717) is 25.0 Å². The molecule has 1 heterocycles. The van der Waals surface area contributed by atoms with Crippen LogP contribution in [0, 0.1) is 11.3 Å². The summed E-state index contributed by atoms with van der Waals surface area (Å²) < 4.78 is 5.56. The summed E-state index contributed by atoms with van der Waals surface area (Å²) in [6.45, 7) is 0.509. The van der Waals surface area contributed by atoms with Crippen molar-refractivity contribution in [2.75, 3.05) is 6.61 Å². The van der Waals surface area contributed by atoms with Gasteiger partial charge in [0.1, 0.15) is 5.75 Å². The monoisotopic (exact) mass is 292 g/mol. The number of hydrogen-bond acceptors (Lipinski definition) is 4. The fraction of sp³-hybridized carbons (Fsp3) is 0.167. The largest absolute Gasteiger partial charge is 0.494 e. The van der Waals surface area contributed by atoms with Crippen molar-refractivity contribution in [3.63, 3.8) is 0 Å². The molecule has 4 nitrogen and oxygen atoms in total. The molecule has 0 saturated heterocycles. The highest BCUT2D eigenvalue weighted by molar-refractivity contribution is 6.06. The standard InChI is InChI=1S/C18H16N2O2/c19-10-1-2-12-22-17-7-3-5-15(13-17)8-9-18(21)16-6-4-11-20-14-16/h3-9,11,13-14H,1-2,12H2/b9-8+. The van der Waals surface area contributed by atoms with Crippen molar-refractivity contribution < 1.29 is 9.53 Å². The number of nitriles is 1. The van der Waals surface area contributed by atoms with Crippen molar-refractivity contribution in [3.05, 3.63) is 66.0 Å². The molecule has 0 saturated carbocycles. The van der Waals surface area contributed by atoms with Crippen LogP contribution in [0.4, 0.5) is 0 Å². The minimum Gasteiger partial charge on any atom is -0.494 e. The van der Waals surface area contributed by atoms with E-state index in [-0.39, 0.29) is 5.78 Å². The van der Waals surface area contributed by atoms with Gasteiger partial charge < -0.3 is 4.74 Å². The van der Waals surface area contributed by atoms with Gasteiger partial charge in [0, 0.05) is 24.4 Å². The van der Waals surface area contributed by atoms with Crippen molar-refractivity contribution in [1.29, 1.82) is 5.26 Å². The number of allylic oxidation sites excluding steroid dienone is 1. The van der Waals surface area contributed by atoms with Gasteiger partial charge in [-0.2, -0.15) is 5.26 Å². The number of carbonyl (C=O) groups excluding carboxylic acids is 1. The fourth-order valence-electron chi connectivity index (χ4n) is 1.83. The number of rotatable bonds is 7. The molecule has 0 fully saturated rings. The fourth-order valence-corrected chi connectivity index (χ4v) is 1.83. The molecule has 0 aliphatic heterocycles. The van der Waals surface area contributed by atoms with Crippen molar-refractivity contribution >= 4 is 11.9 Å². The van der Waals surface area contributed by atoms with E-state index in [1.807, 2.05) is 24.3 Å². The predicted molar refractivity (Wildman–Crippen MR) is 84.4 cm³/mol. The number of benzene rings is 1. The van der Waals surface area contributed by atoms with Gasteiger partial charge in [0.15, 0.2) is 5.78 Å². The number of aromatic nitrogens is 1. The first-order chi connectivity index (χ1) is 10.8. The maximum absolute atomic E-state index is 12.0. The third-order valence-electron chi connectivity index (χ3n) is 2.93. The summed E-state index contributed by atoms with van der Waals surface area (Å²) in [5.41, 5.74) is 1.44. The number of carbonyl (C=O) groups is 1. The van der Waals surface area contributed by atoms with E-state index in [0.717, 1.165) is 11.3 Å². The third kappa shape index (κ3) is 4.88. The number of ether oxygens (including phenoxy) is 1. The summed E-state index contributed by atoms with van der Waals surface area (Å²) in [5, 5.41) is 8.47. The Balaban J connectivity index is 1.96. The van der Waals surface area contributed by atoms with E-state index in [1.165, 1.54) is 6.08 Å². The number of pyridine rings is 1. The highest BCUT2D eigenvalue weighted by atomic mass is 16.5. The number of nitrogens with zero attached hydrogens (tertiary/aromatic N) is 2. The van der Waals surface area contributed by atoms with Crippen LogP contribution < -0.4 is 4.74 Å². The van der Waals surface area contributed by atoms with Crippen LogP contribution in [0.25, 0.3) is 6.08 Å². The molecule has 4 heteroatoms. The van der Waals surface area contributed by atoms with Crippen LogP contribution in [0.5, 0.6) is 5.75 Å². The van der Waals surface area contributed by atoms with Crippen molar-refractivity contribution in [3.8, 4) is 11.8 Å². The minimum atomic E-state index is -0.0894. The molecule has 22 heavy (non-hydrogen) atoms. The Morgan fingerprint density at radius 2 is 2.23 bits per heavy atom. The lowest BCUT2D eigenvalue weighted by molar-refractivity contribution is 0.104. The highest BCUT2D eigenvalue weighted by Crippen LogP contribution is 2.15. The molecule has 110 valence electrons. The zero-order valence-electron chi connectivity index (χ0n) is 12.1. The molecular weight excluding hydrogens is 276 g/mol. The lowest BCUT2D eigenvalue weighted by Gasteiger charge is -2.05. The van der Waals surface area contributed by atoms with Crippen LogP contribution in [-0.2, 0) is 0 Å². The SMILES string of the molecule is N#CCCCOc1cccc(/C=C/C(=O)c2cccnc2)c1. The second-order valence-electron chi connectivity index (χ2n) is 4.62. The van der Waals surface area contributed by atoms with Crippen LogP contribution in [0.3, 0.4) is 0 Å². The number of ketones is 1. The van der Waals surface area contributed by atoms with Crippen molar-refractivity contribution in [2.24, 2.45) is 0 Å². The molecule has 2 rings (SSSR count). The Bertz CT molecular complexity index is 688. The Morgan fingerprint density at radius 1 is 1.32 bits per heavy atom. The van der Waals surface area contributed by atoms with E-state index in [1.54, 1.807) is 30.6 Å². The summed E-state index contributed by atoms with van der Waals surface area (Å²) >= 11 is 0. The summed E-state index contributed by atoms with van der Waals surface area (Å²) in [6.07, 6.45) is 7.63. The van der Waals surface area contributed by atoms with Crippen molar-refractivity contribution in [2.45, 2.75) is 12.8 Å². The molecule has 0 amide bonds. The van der Waals surface area contributed by atoms with Crippen LogP contribution in [0.2, 0.25) is 0 Å². The second kappa shape index (κ2) is 8.38. The second-order valence-corrected chi connectivity index (χ2v) is 4.62. The van der Waals surface area contributed by atoms with E-state index in [2.05, 4.69) is 11.1 Å². The molecule has 0 atom stereocenters. The van der Waals surface area contributed by atoms with E-state index >= 15 is 0 Å². The Kier molecular flexibility index (Phi) is 5.89. The molecule has 0 bridgehead atoms. The highest BCUT2D eigenvalue weighted by Gasteiger charge is 2.01. The number of unbranched alkanes of at least 4 members (excludes halogenated alkanes) is 1. The van der Waals surface area contributed by atoms with Gasteiger partial charge in [-0.3, -0.25) is 9.78 Å². The predicted octanol–water partition coefficient (Wildman–Crippen LogP) is 3.66. The molecular formula is C18H16N2O2. The molecule has 2 aromatic rings. The maximum atomic E-state index is 12.0. The quantitative estimate of drug-likeness (QED) is 0.444. The molecule has 0 unspecified atom stereocenters. The summed E-state index contributed by atoms with van der Waals surface area (Å²) in [4.78, 5) is 15.9. The molecule has 0 spiro atoms. The van der Waals surface area contributed by atoms with Gasteiger partial charge in [0.2, 0.25) is 0 Å². The average Bonchev–Trinajstić information content (AvgIpc) is 2.58. The van der Waals surface area contributed by atoms with Gasteiger partial charge in [-0.05, 0) is 42.3 Å². The third-order valence-corrected chi connectivity index (χ3v) is 2.93. The van der Waals surface area contributed by atoms with Gasteiger partial charge in [-0.25, -0.2) is 0 Å². The summed E-state index contributed by atoms with van der Waals surface area (Å²) in [6, 6.07) is 13.0. The van der Waals surface area contributed by atoms with Gasteiger partial charge in [-0.1, -0.05) is 18.2 Å². The van der Waals surface area contributed by atoms with Gasteiger partial charge >= 0.3 is 0 Å². The first kappa shape index (κ1) is 15.5. The molecule has 0 radical (unpaired) electrons. The number of hydrogen-bond donors (Lipinski definition) is 0. The Labute approximate surface area is 129 Å². The van der Waals surface area contributed by atoms with E-state index < -0.39 is 0 Å². The van der Waals surface area contributed by atoms with Gasteiger partial charge in [0.25, 0.3) is 0 Å². The molecule has 0 aliphatic carbocycles. The van der Waals surface area contributed by atoms with Crippen LogP contribution in [0.1, 0.15) is 28.8 Å². The van der Waals surface area contributed by atoms with Crippen molar-refractivity contribution in [1.82, 2.24) is 4.98 Å². The lowest BCUT2D eigenvalue weighted by Crippen LogP contribution is -1.97. The zero-order chi connectivity index (χ0) is 15.6. The first-order valence-corrected chi connectivity index (χ1v) is 7.02. The van der Waals surface area contributed by atoms with Crippen LogP contribution in [-0.4, -0.2) is 17.4 Å². The van der Waals surface area contributed by atoms with Gasteiger partial charge in [0.05, 0.1) is 12.7 Å². The minimum absolute atomic E-state index is 0.0894. The van der Waals surface area contributed by atoms with Gasteiger partial charge in [-0.15, -0.1) is 0 Å². The van der Waals surface area contributed by atoms with E-state index in [4.69, 9.17) is 10.00 Å². The average molecular weight is 292 g/mol. The molecule has 0 aliphatic rings. The summed E-state index contributed by atoms with van der Waals surface area (Å²) in [5.74, 6) is 0.641.